The first-order valence-electron chi connectivity index (χ1n) is 6.25. The van der Waals surface area contributed by atoms with Crippen molar-refractivity contribution in [1.29, 1.82) is 0 Å². The first kappa shape index (κ1) is 16.1. The number of aromatic amines is 1. The van der Waals surface area contributed by atoms with Crippen molar-refractivity contribution in [2.24, 2.45) is 0 Å². The molecule has 0 unspecified atom stereocenters. The topological polar surface area (TPSA) is 70.7 Å². The fourth-order valence-corrected chi connectivity index (χ4v) is 2.67. The number of benzene rings is 1. The van der Waals surface area contributed by atoms with Gasteiger partial charge in [-0.15, -0.1) is 5.10 Å². The van der Waals surface area contributed by atoms with E-state index in [1.807, 2.05) is 13.8 Å². The maximum absolute atomic E-state index is 11.9. The van der Waals surface area contributed by atoms with Crippen molar-refractivity contribution in [3.63, 3.8) is 0 Å². The maximum Gasteiger partial charge on any atom is 0.234 e. The van der Waals surface area contributed by atoms with Gasteiger partial charge in [0, 0.05) is 21.7 Å². The molecule has 1 amide bonds. The average Bonchev–Trinajstić information content (AvgIpc) is 2.84. The Labute approximate surface area is 136 Å². The van der Waals surface area contributed by atoms with Crippen LogP contribution in [-0.2, 0) is 4.79 Å². The normalized spacial score (nSPS) is 10.9. The number of hydrogen-bond acceptors (Lipinski definition) is 4. The summed E-state index contributed by atoms with van der Waals surface area (Å²) in [6.45, 7) is 4.04. The van der Waals surface area contributed by atoms with Crippen LogP contribution < -0.4 is 5.32 Å². The second kappa shape index (κ2) is 7.15. The Bertz CT molecular complexity index is 625. The fraction of sp³-hybridized carbons (Fsp3) is 0.308. The average molecular weight is 345 g/mol. The van der Waals surface area contributed by atoms with Crippen LogP contribution >= 0.6 is 35.0 Å². The summed E-state index contributed by atoms with van der Waals surface area (Å²) in [5, 5.41) is 11.1. The Kier molecular flexibility index (Phi) is 5.50. The van der Waals surface area contributed by atoms with Crippen LogP contribution in [0.5, 0.6) is 0 Å². The Morgan fingerprint density at radius 1 is 1.33 bits per heavy atom. The first-order chi connectivity index (χ1) is 9.94. The minimum absolute atomic E-state index is 0.172. The van der Waals surface area contributed by atoms with Crippen LogP contribution in [0, 0.1) is 0 Å². The van der Waals surface area contributed by atoms with Crippen LogP contribution in [0.2, 0.25) is 10.0 Å². The molecule has 0 aliphatic heterocycles. The first-order valence-corrected chi connectivity index (χ1v) is 7.99. The van der Waals surface area contributed by atoms with Crippen LogP contribution in [0.15, 0.2) is 23.4 Å². The number of hydrogen-bond donors (Lipinski definition) is 2. The second-order valence-electron chi connectivity index (χ2n) is 4.65. The van der Waals surface area contributed by atoms with Crippen LogP contribution in [-0.4, -0.2) is 26.8 Å². The number of carbonyl (C=O) groups excluding carboxylic acids is 1. The monoisotopic (exact) mass is 344 g/mol. The van der Waals surface area contributed by atoms with Crippen LogP contribution in [0.3, 0.4) is 0 Å². The molecule has 0 fully saturated rings. The number of rotatable bonds is 5. The molecule has 1 aromatic carbocycles. The number of H-pyrrole nitrogens is 1. The van der Waals surface area contributed by atoms with Gasteiger partial charge in [0.1, 0.15) is 5.82 Å². The van der Waals surface area contributed by atoms with Crippen LogP contribution in [0.1, 0.15) is 25.6 Å². The molecule has 0 atom stereocenters. The van der Waals surface area contributed by atoms with Gasteiger partial charge >= 0.3 is 0 Å². The summed E-state index contributed by atoms with van der Waals surface area (Å²) in [7, 11) is 0. The van der Waals surface area contributed by atoms with Gasteiger partial charge in [0.2, 0.25) is 11.1 Å². The van der Waals surface area contributed by atoms with Gasteiger partial charge in [-0.2, -0.15) is 0 Å². The molecule has 0 saturated heterocycles. The van der Waals surface area contributed by atoms with Gasteiger partial charge in [-0.3, -0.25) is 9.89 Å². The Morgan fingerprint density at radius 2 is 2.00 bits per heavy atom. The highest BCUT2D eigenvalue weighted by atomic mass is 35.5. The highest BCUT2D eigenvalue weighted by Gasteiger charge is 2.10. The van der Waals surface area contributed by atoms with Crippen molar-refractivity contribution in [2.45, 2.75) is 24.9 Å². The standard InChI is InChI=1S/C13H14Cl2N4OS/c1-7(2)12-17-13(19-18-12)21-6-11(20)16-10-4-8(14)3-9(15)5-10/h3-5,7H,6H2,1-2H3,(H,16,20)(H,17,18,19). The molecule has 2 N–H and O–H groups in total. The Balaban J connectivity index is 1.89. The highest BCUT2D eigenvalue weighted by molar-refractivity contribution is 7.99. The highest BCUT2D eigenvalue weighted by Crippen LogP contribution is 2.23. The lowest BCUT2D eigenvalue weighted by Gasteiger charge is -2.05. The van der Waals surface area contributed by atoms with Gasteiger partial charge in [0.05, 0.1) is 5.75 Å². The van der Waals surface area contributed by atoms with E-state index < -0.39 is 0 Å². The Hall–Kier alpha value is -1.24. The van der Waals surface area contributed by atoms with E-state index in [1.165, 1.54) is 11.8 Å². The summed E-state index contributed by atoms with van der Waals surface area (Å²) in [6, 6.07) is 4.88. The van der Waals surface area contributed by atoms with Gasteiger partial charge < -0.3 is 5.32 Å². The van der Waals surface area contributed by atoms with E-state index >= 15 is 0 Å². The number of aromatic nitrogens is 3. The molecule has 5 nitrogen and oxygen atoms in total. The third kappa shape index (κ3) is 4.91. The molecule has 8 heteroatoms. The largest absolute Gasteiger partial charge is 0.325 e. The lowest BCUT2D eigenvalue weighted by Crippen LogP contribution is -2.14. The van der Waals surface area contributed by atoms with E-state index in [-0.39, 0.29) is 17.6 Å². The fourth-order valence-electron chi connectivity index (χ4n) is 1.53. The molecule has 2 rings (SSSR count). The SMILES string of the molecule is CC(C)c1nc(SCC(=O)Nc2cc(Cl)cc(Cl)c2)n[nH]1. The maximum atomic E-state index is 11.9. The van der Waals surface area contributed by atoms with E-state index in [4.69, 9.17) is 23.2 Å². The second-order valence-corrected chi connectivity index (χ2v) is 6.47. The zero-order chi connectivity index (χ0) is 15.4. The van der Waals surface area contributed by atoms with E-state index in [0.717, 1.165) is 5.82 Å². The third-order valence-corrected chi connectivity index (χ3v) is 3.79. The molecule has 0 radical (unpaired) electrons. The summed E-state index contributed by atoms with van der Waals surface area (Å²) in [4.78, 5) is 16.2. The number of carbonyl (C=O) groups is 1. The van der Waals surface area contributed by atoms with Gasteiger partial charge in [-0.05, 0) is 18.2 Å². The molecule has 0 aliphatic carbocycles. The molecule has 112 valence electrons. The van der Waals surface area contributed by atoms with Gasteiger partial charge in [-0.25, -0.2) is 4.98 Å². The lowest BCUT2D eigenvalue weighted by atomic mass is 10.2. The molecule has 0 saturated carbocycles. The molecule has 2 aromatic rings. The number of halogens is 2. The molecule has 0 aliphatic rings. The minimum atomic E-state index is -0.172. The molecule has 0 spiro atoms. The van der Waals surface area contributed by atoms with Gasteiger partial charge in [0.25, 0.3) is 0 Å². The predicted molar refractivity (Wildman–Crippen MR) is 86.3 cm³/mol. The van der Waals surface area contributed by atoms with Gasteiger partial charge in [-0.1, -0.05) is 48.8 Å². The molecule has 21 heavy (non-hydrogen) atoms. The summed E-state index contributed by atoms with van der Waals surface area (Å²) in [5.41, 5.74) is 0.566. The summed E-state index contributed by atoms with van der Waals surface area (Å²) in [5.74, 6) is 1.11. The summed E-state index contributed by atoms with van der Waals surface area (Å²) >= 11 is 13.0. The van der Waals surface area contributed by atoms with Crippen LogP contribution in [0.4, 0.5) is 5.69 Å². The number of nitrogens with one attached hydrogen (secondary N) is 2. The number of nitrogens with zero attached hydrogens (tertiary/aromatic N) is 2. The molecule has 1 aromatic heterocycles. The zero-order valence-electron chi connectivity index (χ0n) is 11.5. The predicted octanol–water partition coefficient (Wildman–Crippen LogP) is 3.97. The minimum Gasteiger partial charge on any atom is -0.325 e. The Morgan fingerprint density at radius 3 is 2.57 bits per heavy atom. The van der Waals surface area contributed by atoms with Crippen molar-refractivity contribution >= 4 is 46.6 Å². The van der Waals surface area contributed by atoms with E-state index in [1.54, 1.807) is 18.2 Å². The molecule has 1 heterocycles. The smallest absolute Gasteiger partial charge is 0.234 e. The van der Waals surface area contributed by atoms with E-state index in [2.05, 4.69) is 20.5 Å². The quantitative estimate of drug-likeness (QED) is 0.805. The number of thioether (sulfide) groups is 1. The zero-order valence-corrected chi connectivity index (χ0v) is 13.8. The third-order valence-electron chi connectivity index (χ3n) is 2.51. The van der Waals surface area contributed by atoms with Gasteiger partial charge in [0.15, 0.2) is 0 Å². The summed E-state index contributed by atoms with van der Waals surface area (Å²) in [6.07, 6.45) is 0. The van der Waals surface area contributed by atoms with Crippen molar-refractivity contribution < 1.29 is 4.79 Å². The number of amides is 1. The number of anilines is 1. The van der Waals surface area contributed by atoms with Crippen molar-refractivity contribution in [3.8, 4) is 0 Å². The molecular weight excluding hydrogens is 331 g/mol. The van der Waals surface area contributed by atoms with E-state index in [0.29, 0.717) is 20.9 Å². The molecular formula is C13H14Cl2N4OS. The summed E-state index contributed by atoms with van der Waals surface area (Å²) < 4.78 is 0. The van der Waals surface area contributed by atoms with Crippen molar-refractivity contribution in [1.82, 2.24) is 15.2 Å². The van der Waals surface area contributed by atoms with Crippen molar-refractivity contribution in [3.05, 3.63) is 34.1 Å². The van der Waals surface area contributed by atoms with Crippen molar-refractivity contribution in [2.75, 3.05) is 11.1 Å². The van der Waals surface area contributed by atoms with E-state index in [9.17, 15) is 4.79 Å². The molecule has 0 bridgehead atoms. The lowest BCUT2D eigenvalue weighted by molar-refractivity contribution is -0.113. The van der Waals surface area contributed by atoms with Crippen LogP contribution in [0.25, 0.3) is 0 Å².